The maximum absolute atomic E-state index is 13.2. The zero-order chi connectivity index (χ0) is 21.6. The molecule has 2 aromatic rings. The van der Waals surface area contributed by atoms with Crippen LogP contribution in [0.15, 0.2) is 36.4 Å². The summed E-state index contributed by atoms with van der Waals surface area (Å²) in [5, 5.41) is 0. The van der Waals surface area contributed by atoms with Crippen molar-refractivity contribution in [2.75, 3.05) is 31.6 Å². The molecule has 31 heavy (non-hydrogen) atoms. The predicted molar refractivity (Wildman–Crippen MR) is 125 cm³/mol. The lowest BCUT2D eigenvalue weighted by molar-refractivity contribution is -0.124. The van der Waals surface area contributed by atoms with Crippen molar-refractivity contribution >= 4 is 11.6 Å². The largest absolute Gasteiger partial charge is 0.497 e. The first kappa shape index (κ1) is 20.6. The van der Waals surface area contributed by atoms with Crippen LogP contribution in [0.3, 0.4) is 0 Å². The third kappa shape index (κ3) is 3.76. The maximum Gasteiger partial charge on any atom is 0.230 e. The van der Waals surface area contributed by atoms with Gasteiger partial charge in [0.2, 0.25) is 5.91 Å². The fourth-order valence-electron chi connectivity index (χ4n) is 5.83. The van der Waals surface area contributed by atoms with E-state index in [9.17, 15) is 4.79 Å². The number of carbonyl (C=O) groups excluding carboxylic acids is 1. The van der Waals surface area contributed by atoms with Crippen LogP contribution in [0.4, 0.5) is 5.69 Å². The molecule has 0 aromatic heterocycles. The van der Waals surface area contributed by atoms with E-state index >= 15 is 0 Å². The predicted octanol–water partition coefficient (Wildman–Crippen LogP) is 4.99. The molecular weight excluding hydrogens is 384 g/mol. The molecule has 0 unspecified atom stereocenters. The average Bonchev–Trinajstić information content (AvgIpc) is 3.01. The molecule has 1 spiro atoms. The van der Waals surface area contributed by atoms with Crippen molar-refractivity contribution in [3.05, 3.63) is 58.7 Å². The van der Waals surface area contributed by atoms with E-state index in [-0.39, 0.29) is 11.3 Å². The molecule has 0 radical (unpaired) electrons. The first-order chi connectivity index (χ1) is 15.0. The summed E-state index contributed by atoms with van der Waals surface area (Å²) < 4.78 is 5.56. The molecule has 0 N–H and O–H groups in total. The molecule has 1 saturated carbocycles. The molecule has 1 aliphatic carbocycles. The van der Waals surface area contributed by atoms with Crippen molar-refractivity contribution in [2.24, 2.45) is 5.92 Å². The Hall–Kier alpha value is -2.33. The van der Waals surface area contributed by atoms with Gasteiger partial charge in [-0.15, -0.1) is 0 Å². The number of hydrogen-bond acceptors (Lipinski definition) is 3. The highest BCUT2D eigenvalue weighted by atomic mass is 16.5. The van der Waals surface area contributed by atoms with Crippen LogP contribution < -0.4 is 9.64 Å². The van der Waals surface area contributed by atoms with Gasteiger partial charge in [-0.05, 0) is 81.9 Å². The quantitative estimate of drug-likeness (QED) is 0.701. The van der Waals surface area contributed by atoms with Crippen LogP contribution in [0, 0.1) is 19.8 Å². The SMILES string of the molecule is COc1ccc2c(c1)C1(CCN(Cc3cc(C)cc(C)c3)CC1)CN2C(=O)C1CCC1. The minimum atomic E-state index is 0.0578. The number of ether oxygens (including phenoxy) is 1. The number of aryl methyl sites for hydroxylation is 2. The Morgan fingerprint density at radius 3 is 2.39 bits per heavy atom. The second-order valence-electron chi connectivity index (χ2n) is 9.99. The van der Waals surface area contributed by atoms with Crippen molar-refractivity contribution in [1.29, 1.82) is 0 Å². The van der Waals surface area contributed by atoms with E-state index in [1.807, 2.05) is 6.07 Å². The molecule has 164 valence electrons. The van der Waals surface area contributed by atoms with E-state index < -0.39 is 0 Å². The second-order valence-corrected chi connectivity index (χ2v) is 9.99. The van der Waals surface area contributed by atoms with Crippen molar-refractivity contribution in [2.45, 2.75) is 57.9 Å². The van der Waals surface area contributed by atoms with E-state index in [0.717, 1.165) is 63.3 Å². The number of rotatable bonds is 4. The Kier molecular flexibility index (Phi) is 5.29. The van der Waals surface area contributed by atoms with Gasteiger partial charge in [-0.2, -0.15) is 0 Å². The molecule has 0 atom stereocenters. The lowest BCUT2D eigenvalue weighted by Crippen LogP contribution is -2.47. The molecular formula is C27H34N2O2. The molecule has 2 aromatic carbocycles. The van der Waals surface area contributed by atoms with E-state index in [2.05, 4.69) is 54.0 Å². The normalized spacial score (nSPS) is 20.5. The molecule has 5 rings (SSSR count). The van der Waals surface area contributed by atoms with Gasteiger partial charge >= 0.3 is 0 Å². The summed E-state index contributed by atoms with van der Waals surface area (Å²) in [5.41, 5.74) is 6.59. The Labute approximate surface area is 186 Å². The number of methoxy groups -OCH3 is 1. The van der Waals surface area contributed by atoms with Crippen LogP contribution in [0.1, 0.15) is 54.4 Å². The average molecular weight is 419 g/mol. The molecule has 1 saturated heterocycles. The van der Waals surface area contributed by atoms with Crippen molar-refractivity contribution in [3.8, 4) is 5.75 Å². The van der Waals surface area contributed by atoms with Crippen LogP contribution >= 0.6 is 0 Å². The summed E-state index contributed by atoms with van der Waals surface area (Å²) in [4.78, 5) is 17.9. The van der Waals surface area contributed by atoms with Gasteiger partial charge < -0.3 is 9.64 Å². The number of carbonyl (C=O) groups is 1. The highest BCUT2D eigenvalue weighted by Crippen LogP contribution is 2.49. The number of hydrogen-bond donors (Lipinski definition) is 0. The van der Waals surface area contributed by atoms with E-state index in [0.29, 0.717) is 5.91 Å². The monoisotopic (exact) mass is 418 g/mol. The Bertz CT molecular complexity index is 966. The minimum Gasteiger partial charge on any atom is -0.497 e. The number of likely N-dealkylation sites (tertiary alicyclic amines) is 1. The van der Waals surface area contributed by atoms with E-state index in [4.69, 9.17) is 4.74 Å². The number of nitrogens with zero attached hydrogens (tertiary/aromatic N) is 2. The van der Waals surface area contributed by atoms with Crippen LogP contribution in [-0.4, -0.2) is 37.6 Å². The molecule has 4 nitrogen and oxygen atoms in total. The number of piperidine rings is 1. The van der Waals surface area contributed by atoms with Crippen LogP contribution in [0.5, 0.6) is 5.75 Å². The van der Waals surface area contributed by atoms with Crippen LogP contribution in [0.2, 0.25) is 0 Å². The molecule has 2 aliphatic heterocycles. The molecule has 1 amide bonds. The standard InChI is InChI=1S/C27H34N2O2/c1-19-13-20(2)15-21(14-19)17-28-11-9-27(10-12-28)18-29(26(30)22-5-4-6-22)25-8-7-23(31-3)16-24(25)27/h7-8,13-16,22H,4-6,9-12,17-18H2,1-3H3. The highest BCUT2D eigenvalue weighted by Gasteiger charge is 2.47. The number of fused-ring (bicyclic) bond motifs is 2. The minimum absolute atomic E-state index is 0.0578. The first-order valence-electron chi connectivity index (χ1n) is 11.8. The number of amides is 1. The van der Waals surface area contributed by atoms with Gasteiger partial charge in [-0.3, -0.25) is 9.69 Å². The fraction of sp³-hybridized carbons (Fsp3) is 0.519. The van der Waals surface area contributed by atoms with Gasteiger partial charge in [0.25, 0.3) is 0 Å². The van der Waals surface area contributed by atoms with Crippen molar-refractivity contribution < 1.29 is 9.53 Å². The van der Waals surface area contributed by atoms with Gasteiger partial charge in [0.05, 0.1) is 7.11 Å². The highest BCUT2D eigenvalue weighted by molar-refractivity contribution is 5.98. The van der Waals surface area contributed by atoms with Crippen LogP contribution in [-0.2, 0) is 16.8 Å². The summed E-state index contributed by atoms with van der Waals surface area (Å²) in [5.74, 6) is 1.47. The lowest BCUT2D eigenvalue weighted by atomic mass is 9.74. The molecule has 2 fully saturated rings. The Morgan fingerprint density at radius 1 is 1.06 bits per heavy atom. The topological polar surface area (TPSA) is 32.8 Å². The number of anilines is 1. The molecule has 2 heterocycles. The smallest absolute Gasteiger partial charge is 0.230 e. The van der Waals surface area contributed by atoms with Gasteiger partial charge in [-0.25, -0.2) is 0 Å². The fourth-order valence-corrected chi connectivity index (χ4v) is 5.83. The molecule has 0 bridgehead atoms. The summed E-state index contributed by atoms with van der Waals surface area (Å²) in [6.07, 6.45) is 5.48. The van der Waals surface area contributed by atoms with Gasteiger partial charge in [0, 0.05) is 30.1 Å². The maximum atomic E-state index is 13.2. The lowest BCUT2D eigenvalue weighted by Gasteiger charge is -2.40. The number of benzene rings is 2. The summed E-state index contributed by atoms with van der Waals surface area (Å²) in [6, 6.07) is 13.2. The Balaban J connectivity index is 1.36. The van der Waals surface area contributed by atoms with Crippen LogP contribution in [0.25, 0.3) is 0 Å². The third-order valence-electron chi connectivity index (χ3n) is 7.75. The van der Waals surface area contributed by atoms with Gasteiger partial charge in [0.15, 0.2) is 0 Å². The zero-order valence-electron chi connectivity index (χ0n) is 19.1. The van der Waals surface area contributed by atoms with E-state index in [1.165, 1.54) is 28.7 Å². The van der Waals surface area contributed by atoms with Crippen molar-refractivity contribution in [3.63, 3.8) is 0 Å². The summed E-state index contributed by atoms with van der Waals surface area (Å²) >= 11 is 0. The second kappa shape index (κ2) is 7.98. The first-order valence-corrected chi connectivity index (χ1v) is 11.8. The van der Waals surface area contributed by atoms with Gasteiger partial charge in [0.1, 0.15) is 5.75 Å². The molecule has 4 heteroatoms. The van der Waals surface area contributed by atoms with Crippen molar-refractivity contribution in [1.82, 2.24) is 4.90 Å². The summed E-state index contributed by atoms with van der Waals surface area (Å²) in [7, 11) is 1.73. The van der Waals surface area contributed by atoms with E-state index in [1.54, 1.807) is 7.11 Å². The third-order valence-corrected chi connectivity index (χ3v) is 7.75. The summed E-state index contributed by atoms with van der Waals surface area (Å²) in [6.45, 7) is 8.33. The van der Waals surface area contributed by atoms with Gasteiger partial charge in [-0.1, -0.05) is 35.7 Å². The Morgan fingerprint density at radius 2 is 1.77 bits per heavy atom. The molecule has 3 aliphatic rings. The zero-order valence-corrected chi connectivity index (χ0v) is 19.1.